The zero-order valence-corrected chi connectivity index (χ0v) is 7.88. The maximum atomic E-state index is 12.1. The van der Waals surface area contributed by atoms with Crippen molar-refractivity contribution < 1.29 is 8.78 Å². The minimum Gasteiger partial charge on any atom is -0.314 e. The zero-order valence-electron chi connectivity index (χ0n) is 7.88. The van der Waals surface area contributed by atoms with E-state index in [0.29, 0.717) is 0 Å². The third-order valence-corrected chi connectivity index (χ3v) is 0.953. The van der Waals surface area contributed by atoms with Crippen LogP contribution >= 0.6 is 0 Å². The molecule has 0 aliphatic heterocycles. The van der Waals surface area contributed by atoms with Crippen LogP contribution in [-0.4, -0.2) is 19.5 Å². The van der Waals surface area contributed by atoms with Crippen molar-refractivity contribution in [2.24, 2.45) is 0 Å². The highest BCUT2D eigenvalue weighted by molar-refractivity contribution is 4.64. The van der Waals surface area contributed by atoms with E-state index in [0.717, 1.165) is 0 Å². The van der Waals surface area contributed by atoms with Crippen LogP contribution in [0.3, 0.4) is 0 Å². The van der Waals surface area contributed by atoms with Crippen molar-refractivity contribution in [3.63, 3.8) is 0 Å². The molecule has 0 bridgehead atoms. The first-order chi connectivity index (χ1) is 5.04. The highest BCUT2D eigenvalue weighted by Crippen LogP contribution is 2.14. The van der Waals surface area contributed by atoms with E-state index in [4.69, 9.17) is 0 Å². The molecule has 0 atom stereocenters. The molecule has 1 nitrogen and oxygen atoms in total. The second-order valence-electron chi connectivity index (χ2n) is 2.45. The molecule has 0 aromatic carbocycles. The first-order valence-electron chi connectivity index (χ1n) is 4.06. The van der Waals surface area contributed by atoms with Crippen molar-refractivity contribution in [3.8, 4) is 0 Å². The molecule has 11 heavy (non-hydrogen) atoms. The van der Waals surface area contributed by atoms with E-state index in [1.807, 2.05) is 0 Å². The van der Waals surface area contributed by atoms with E-state index >= 15 is 0 Å². The van der Waals surface area contributed by atoms with Gasteiger partial charge in [0.05, 0.1) is 6.54 Å². The van der Waals surface area contributed by atoms with Gasteiger partial charge in [-0.2, -0.15) is 0 Å². The Morgan fingerprint density at radius 1 is 1.18 bits per heavy atom. The Kier molecular flexibility index (Phi) is 9.66. The molecule has 0 saturated carbocycles. The van der Waals surface area contributed by atoms with Crippen LogP contribution in [-0.2, 0) is 0 Å². The summed E-state index contributed by atoms with van der Waals surface area (Å²) >= 11 is 0. The van der Waals surface area contributed by atoms with Crippen LogP contribution in [0, 0.1) is 0 Å². The highest BCUT2D eigenvalue weighted by atomic mass is 19.3. The average Bonchev–Trinajstić information content (AvgIpc) is 1.90. The Morgan fingerprint density at radius 3 is 1.64 bits per heavy atom. The third-order valence-electron chi connectivity index (χ3n) is 0.953. The molecular formula is C8H19F2N. The van der Waals surface area contributed by atoms with Gasteiger partial charge in [0.15, 0.2) is 0 Å². The lowest BCUT2D eigenvalue weighted by Gasteiger charge is -2.11. The molecule has 1 N–H and O–H groups in total. The van der Waals surface area contributed by atoms with Gasteiger partial charge in [-0.05, 0) is 7.05 Å². The van der Waals surface area contributed by atoms with Crippen LogP contribution in [0.2, 0.25) is 0 Å². The topological polar surface area (TPSA) is 12.0 Å². The Labute approximate surface area is 68.2 Å². The second kappa shape index (κ2) is 7.92. The van der Waals surface area contributed by atoms with Crippen molar-refractivity contribution in [3.05, 3.63) is 0 Å². The van der Waals surface area contributed by atoms with Crippen molar-refractivity contribution in [2.75, 3.05) is 13.6 Å². The van der Waals surface area contributed by atoms with Crippen LogP contribution in [0.4, 0.5) is 8.78 Å². The van der Waals surface area contributed by atoms with E-state index in [1.165, 1.54) is 20.4 Å². The first kappa shape index (κ1) is 13.4. The molecule has 0 unspecified atom stereocenters. The molecule has 0 aromatic rings. The van der Waals surface area contributed by atoms with Gasteiger partial charge in [-0.25, -0.2) is 8.78 Å². The van der Waals surface area contributed by atoms with Gasteiger partial charge in [-0.1, -0.05) is 27.2 Å². The van der Waals surface area contributed by atoms with Gasteiger partial charge in [0.1, 0.15) is 0 Å². The maximum absolute atomic E-state index is 12.1. The Balaban J connectivity index is 0. The predicted octanol–water partition coefficient (Wildman–Crippen LogP) is 2.67. The van der Waals surface area contributed by atoms with Crippen molar-refractivity contribution in [2.45, 2.75) is 39.5 Å². The van der Waals surface area contributed by atoms with Crippen LogP contribution in [0.15, 0.2) is 0 Å². The lowest BCUT2D eigenvalue weighted by atomic mass is 10.3. The monoisotopic (exact) mass is 167 g/mol. The SMILES string of the molecule is CCC.CCC(F)(F)CNC. The molecule has 70 valence electrons. The quantitative estimate of drug-likeness (QED) is 0.681. The standard InChI is InChI=1S/C5H11F2N.C3H8/c1-3-5(6,7)4-8-2;1-3-2/h8H,3-4H2,1-2H3;3H2,1-2H3. The maximum Gasteiger partial charge on any atom is 0.260 e. The van der Waals surface area contributed by atoms with Crippen molar-refractivity contribution >= 4 is 0 Å². The Morgan fingerprint density at radius 2 is 1.55 bits per heavy atom. The number of alkyl halides is 2. The number of nitrogens with one attached hydrogen (secondary N) is 1. The van der Waals surface area contributed by atoms with E-state index in [-0.39, 0.29) is 13.0 Å². The van der Waals surface area contributed by atoms with E-state index in [2.05, 4.69) is 19.2 Å². The normalized spacial score (nSPS) is 10.4. The zero-order chi connectivity index (χ0) is 9.33. The molecule has 0 aliphatic carbocycles. The molecule has 3 heteroatoms. The van der Waals surface area contributed by atoms with Gasteiger partial charge in [0.25, 0.3) is 5.92 Å². The minimum absolute atomic E-state index is 0.0894. The van der Waals surface area contributed by atoms with Crippen LogP contribution in [0.25, 0.3) is 0 Å². The first-order valence-corrected chi connectivity index (χ1v) is 4.06. The summed E-state index contributed by atoms with van der Waals surface area (Å²) in [5.74, 6) is -2.52. The van der Waals surface area contributed by atoms with Gasteiger partial charge in [0, 0.05) is 6.42 Å². The van der Waals surface area contributed by atoms with Crippen LogP contribution < -0.4 is 5.32 Å². The second-order valence-corrected chi connectivity index (χ2v) is 2.45. The summed E-state index contributed by atoms with van der Waals surface area (Å²) < 4.78 is 24.2. The van der Waals surface area contributed by atoms with Crippen LogP contribution in [0.1, 0.15) is 33.6 Å². The van der Waals surface area contributed by atoms with Crippen molar-refractivity contribution in [1.29, 1.82) is 0 Å². The summed E-state index contributed by atoms with van der Waals surface area (Å²) in [6, 6.07) is 0. The van der Waals surface area contributed by atoms with Gasteiger partial charge in [0.2, 0.25) is 0 Å². The number of hydrogen-bond acceptors (Lipinski definition) is 1. The van der Waals surface area contributed by atoms with E-state index in [1.54, 1.807) is 0 Å². The molecule has 0 heterocycles. The average molecular weight is 167 g/mol. The molecule has 0 amide bonds. The predicted molar refractivity (Wildman–Crippen MR) is 45.1 cm³/mol. The Bertz CT molecular complexity index is 74.5. The fourth-order valence-electron chi connectivity index (χ4n) is 0.384. The number of halogens is 2. The summed E-state index contributed by atoms with van der Waals surface area (Å²) in [5.41, 5.74) is 0. The van der Waals surface area contributed by atoms with Crippen LogP contribution in [0.5, 0.6) is 0 Å². The lowest BCUT2D eigenvalue weighted by Crippen LogP contribution is -2.29. The fourth-order valence-corrected chi connectivity index (χ4v) is 0.384. The summed E-state index contributed by atoms with van der Waals surface area (Å²) in [6.45, 7) is 5.50. The summed E-state index contributed by atoms with van der Waals surface area (Å²) in [5, 5.41) is 2.41. The molecule has 0 saturated heterocycles. The summed E-state index contributed by atoms with van der Waals surface area (Å²) in [7, 11) is 1.52. The molecule has 0 fully saturated rings. The van der Waals surface area contributed by atoms with Gasteiger partial charge in [-0.15, -0.1) is 0 Å². The van der Waals surface area contributed by atoms with Crippen molar-refractivity contribution in [1.82, 2.24) is 5.32 Å². The largest absolute Gasteiger partial charge is 0.314 e. The molecular weight excluding hydrogens is 148 g/mol. The minimum atomic E-state index is -2.52. The van der Waals surface area contributed by atoms with E-state index in [9.17, 15) is 8.78 Å². The Hall–Kier alpha value is -0.180. The van der Waals surface area contributed by atoms with E-state index < -0.39 is 5.92 Å². The number of hydrogen-bond donors (Lipinski definition) is 1. The molecule has 0 spiro atoms. The summed E-state index contributed by atoms with van der Waals surface area (Å²) in [4.78, 5) is 0. The molecule has 0 aromatic heterocycles. The molecule has 0 aliphatic rings. The fraction of sp³-hybridized carbons (Fsp3) is 1.00. The number of rotatable bonds is 3. The molecule has 0 rings (SSSR count). The smallest absolute Gasteiger partial charge is 0.260 e. The van der Waals surface area contributed by atoms with Gasteiger partial charge >= 0.3 is 0 Å². The third kappa shape index (κ3) is 12.9. The van der Waals surface area contributed by atoms with Gasteiger partial charge in [-0.3, -0.25) is 0 Å². The van der Waals surface area contributed by atoms with Gasteiger partial charge < -0.3 is 5.32 Å². The summed E-state index contributed by atoms with van der Waals surface area (Å²) in [6.07, 6.45) is 1.16. The molecule has 0 radical (unpaired) electrons. The lowest BCUT2D eigenvalue weighted by molar-refractivity contribution is 0.000238. The highest BCUT2D eigenvalue weighted by Gasteiger charge is 2.23.